The van der Waals surface area contributed by atoms with E-state index in [9.17, 15) is 4.79 Å². The highest BCUT2D eigenvalue weighted by molar-refractivity contribution is 6.31. The molecule has 0 aliphatic rings. The first-order valence-corrected chi connectivity index (χ1v) is 5.69. The van der Waals surface area contributed by atoms with Crippen LogP contribution in [0.5, 0.6) is 5.75 Å². The number of hydrogen-bond donors (Lipinski definition) is 1. The summed E-state index contributed by atoms with van der Waals surface area (Å²) in [5.74, 6) is 0.537. The Labute approximate surface area is 106 Å². The number of benzene rings is 1. The standard InChI is InChI=1S/C12H17ClN2O2/c1-8(14)6-12(16)15(2)10-7-9(13)4-5-11(10)17-3/h4-5,7-8H,6,14H2,1-3H3. The molecule has 0 aliphatic carbocycles. The van der Waals surface area contributed by atoms with Gasteiger partial charge in [0.2, 0.25) is 5.91 Å². The Balaban J connectivity index is 2.98. The predicted molar refractivity (Wildman–Crippen MR) is 69.7 cm³/mol. The number of carbonyl (C=O) groups is 1. The van der Waals surface area contributed by atoms with Gasteiger partial charge in [-0.2, -0.15) is 0 Å². The molecule has 1 atom stereocenters. The third-order valence-corrected chi connectivity index (χ3v) is 2.61. The van der Waals surface area contributed by atoms with E-state index in [0.717, 1.165) is 0 Å². The largest absolute Gasteiger partial charge is 0.495 e. The van der Waals surface area contributed by atoms with Crippen LogP contribution >= 0.6 is 11.6 Å². The fourth-order valence-corrected chi connectivity index (χ4v) is 1.64. The minimum absolute atomic E-state index is 0.0689. The molecule has 2 N–H and O–H groups in total. The zero-order valence-corrected chi connectivity index (χ0v) is 11.0. The molecule has 0 heterocycles. The number of amides is 1. The van der Waals surface area contributed by atoms with Gasteiger partial charge >= 0.3 is 0 Å². The molecule has 0 saturated carbocycles. The quantitative estimate of drug-likeness (QED) is 0.897. The second kappa shape index (κ2) is 5.89. The molecule has 5 heteroatoms. The van der Waals surface area contributed by atoms with Gasteiger partial charge in [-0.15, -0.1) is 0 Å². The van der Waals surface area contributed by atoms with Crippen molar-refractivity contribution in [2.75, 3.05) is 19.1 Å². The smallest absolute Gasteiger partial charge is 0.228 e. The van der Waals surface area contributed by atoms with E-state index in [0.29, 0.717) is 16.5 Å². The number of ether oxygens (including phenoxy) is 1. The average molecular weight is 257 g/mol. The van der Waals surface area contributed by atoms with Crippen molar-refractivity contribution in [2.24, 2.45) is 5.73 Å². The molecule has 0 spiro atoms. The normalized spacial score (nSPS) is 12.1. The molecule has 0 aliphatic heterocycles. The van der Waals surface area contributed by atoms with Crippen molar-refractivity contribution >= 4 is 23.2 Å². The summed E-state index contributed by atoms with van der Waals surface area (Å²) in [4.78, 5) is 13.4. The van der Waals surface area contributed by atoms with Gasteiger partial charge in [-0.3, -0.25) is 4.79 Å². The van der Waals surface area contributed by atoms with E-state index in [1.165, 1.54) is 4.90 Å². The van der Waals surface area contributed by atoms with E-state index in [-0.39, 0.29) is 18.4 Å². The first-order valence-electron chi connectivity index (χ1n) is 5.31. The Morgan fingerprint density at radius 1 is 1.59 bits per heavy atom. The molecule has 94 valence electrons. The maximum absolute atomic E-state index is 11.9. The van der Waals surface area contributed by atoms with Crippen molar-refractivity contribution in [3.63, 3.8) is 0 Å². The van der Waals surface area contributed by atoms with E-state index in [2.05, 4.69) is 0 Å². The zero-order valence-electron chi connectivity index (χ0n) is 10.2. The van der Waals surface area contributed by atoms with Gasteiger partial charge in [0.1, 0.15) is 5.75 Å². The number of carbonyl (C=O) groups excluding carboxylic acids is 1. The van der Waals surface area contributed by atoms with Gasteiger partial charge in [0.15, 0.2) is 0 Å². The third kappa shape index (κ3) is 3.61. The number of nitrogens with two attached hydrogens (primary N) is 1. The summed E-state index contributed by atoms with van der Waals surface area (Å²) >= 11 is 5.91. The predicted octanol–water partition coefficient (Wildman–Crippen LogP) is 2.05. The Bertz CT molecular complexity index is 407. The van der Waals surface area contributed by atoms with Crippen LogP contribution in [0.2, 0.25) is 5.02 Å². The average Bonchev–Trinajstić information content (AvgIpc) is 2.27. The fourth-order valence-electron chi connectivity index (χ4n) is 1.47. The maximum atomic E-state index is 11.9. The number of anilines is 1. The minimum atomic E-state index is -0.171. The highest BCUT2D eigenvalue weighted by Gasteiger charge is 2.16. The topological polar surface area (TPSA) is 55.6 Å². The van der Waals surface area contributed by atoms with Gasteiger partial charge in [0, 0.05) is 24.5 Å². The zero-order chi connectivity index (χ0) is 13.0. The van der Waals surface area contributed by atoms with Crippen LogP contribution in [0.25, 0.3) is 0 Å². The van der Waals surface area contributed by atoms with Gasteiger partial charge in [-0.25, -0.2) is 0 Å². The van der Waals surface area contributed by atoms with Crippen LogP contribution in [0.1, 0.15) is 13.3 Å². The lowest BCUT2D eigenvalue weighted by Crippen LogP contribution is -2.32. The molecule has 4 nitrogen and oxygen atoms in total. The van der Waals surface area contributed by atoms with Crippen molar-refractivity contribution < 1.29 is 9.53 Å². The summed E-state index contributed by atoms with van der Waals surface area (Å²) in [5, 5.41) is 0.557. The molecular weight excluding hydrogens is 240 g/mol. The number of hydrogen-bond acceptors (Lipinski definition) is 3. The second-order valence-electron chi connectivity index (χ2n) is 3.95. The highest BCUT2D eigenvalue weighted by atomic mass is 35.5. The van der Waals surface area contributed by atoms with Crippen molar-refractivity contribution in [2.45, 2.75) is 19.4 Å². The minimum Gasteiger partial charge on any atom is -0.495 e. The molecule has 0 bridgehead atoms. The van der Waals surface area contributed by atoms with Gasteiger partial charge in [-0.05, 0) is 25.1 Å². The van der Waals surface area contributed by atoms with Crippen LogP contribution < -0.4 is 15.4 Å². The summed E-state index contributed by atoms with van der Waals surface area (Å²) in [7, 11) is 3.23. The van der Waals surface area contributed by atoms with Crippen molar-refractivity contribution in [1.82, 2.24) is 0 Å². The highest BCUT2D eigenvalue weighted by Crippen LogP contribution is 2.30. The molecule has 0 saturated heterocycles. The Morgan fingerprint density at radius 2 is 2.24 bits per heavy atom. The molecular formula is C12H17ClN2O2. The van der Waals surface area contributed by atoms with E-state index in [1.807, 2.05) is 0 Å². The molecule has 1 amide bonds. The maximum Gasteiger partial charge on any atom is 0.228 e. The second-order valence-corrected chi connectivity index (χ2v) is 4.39. The van der Waals surface area contributed by atoms with Crippen LogP contribution in [0.15, 0.2) is 18.2 Å². The van der Waals surface area contributed by atoms with Gasteiger partial charge < -0.3 is 15.4 Å². The van der Waals surface area contributed by atoms with Crippen molar-refractivity contribution in [3.8, 4) is 5.75 Å². The summed E-state index contributed by atoms with van der Waals surface area (Å²) in [6.07, 6.45) is 0.284. The Kier molecular flexibility index (Phi) is 4.78. The fraction of sp³-hybridized carbons (Fsp3) is 0.417. The molecule has 17 heavy (non-hydrogen) atoms. The Morgan fingerprint density at radius 3 is 2.76 bits per heavy atom. The van der Waals surface area contributed by atoms with Gasteiger partial charge in [-0.1, -0.05) is 11.6 Å². The molecule has 0 radical (unpaired) electrons. The lowest BCUT2D eigenvalue weighted by Gasteiger charge is -2.21. The first-order chi connectivity index (χ1) is 7.95. The lowest BCUT2D eigenvalue weighted by molar-refractivity contribution is -0.118. The van der Waals surface area contributed by atoms with Crippen LogP contribution in [0.3, 0.4) is 0 Å². The van der Waals surface area contributed by atoms with E-state index in [1.54, 1.807) is 39.3 Å². The summed E-state index contributed by atoms with van der Waals surface area (Å²) in [6, 6.07) is 4.97. The lowest BCUT2D eigenvalue weighted by atomic mass is 10.2. The monoisotopic (exact) mass is 256 g/mol. The number of rotatable bonds is 4. The molecule has 1 aromatic carbocycles. The first kappa shape index (κ1) is 13.8. The molecule has 0 aromatic heterocycles. The van der Waals surface area contributed by atoms with Crippen molar-refractivity contribution in [3.05, 3.63) is 23.2 Å². The van der Waals surface area contributed by atoms with Crippen LogP contribution in [0, 0.1) is 0 Å². The summed E-state index contributed by atoms with van der Waals surface area (Å²) in [5.41, 5.74) is 6.25. The van der Waals surface area contributed by atoms with E-state index < -0.39 is 0 Å². The number of halogens is 1. The van der Waals surface area contributed by atoms with Gasteiger partial charge in [0.05, 0.1) is 12.8 Å². The molecule has 1 unspecified atom stereocenters. The number of nitrogens with zero attached hydrogens (tertiary/aromatic N) is 1. The van der Waals surface area contributed by atoms with E-state index in [4.69, 9.17) is 22.1 Å². The van der Waals surface area contributed by atoms with E-state index >= 15 is 0 Å². The summed E-state index contributed by atoms with van der Waals surface area (Å²) < 4.78 is 5.19. The molecule has 0 fully saturated rings. The Hall–Kier alpha value is -1.26. The molecule has 1 aromatic rings. The van der Waals surface area contributed by atoms with Crippen LogP contribution in [0.4, 0.5) is 5.69 Å². The van der Waals surface area contributed by atoms with Crippen LogP contribution in [-0.4, -0.2) is 26.1 Å². The molecule has 1 rings (SSSR count). The SMILES string of the molecule is COc1ccc(Cl)cc1N(C)C(=O)CC(C)N. The van der Waals surface area contributed by atoms with Crippen LogP contribution in [-0.2, 0) is 4.79 Å². The van der Waals surface area contributed by atoms with Crippen molar-refractivity contribution in [1.29, 1.82) is 0 Å². The number of methoxy groups -OCH3 is 1. The summed E-state index contributed by atoms with van der Waals surface area (Å²) in [6.45, 7) is 1.79. The third-order valence-electron chi connectivity index (χ3n) is 2.37. The van der Waals surface area contributed by atoms with Gasteiger partial charge in [0.25, 0.3) is 0 Å².